The molecule has 0 aromatic heterocycles. The molecule has 0 saturated heterocycles. The van der Waals surface area contributed by atoms with Gasteiger partial charge in [-0.3, -0.25) is 4.79 Å². The highest BCUT2D eigenvalue weighted by molar-refractivity contribution is 9.10. The molecule has 1 amide bonds. The van der Waals surface area contributed by atoms with Gasteiger partial charge in [-0.2, -0.15) is 0 Å². The van der Waals surface area contributed by atoms with Crippen LogP contribution in [0.2, 0.25) is 15.1 Å². The van der Waals surface area contributed by atoms with Crippen LogP contribution in [0.4, 0.5) is 5.69 Å². The largest absolute Gasteiger partial charge is 0.319 e. The Bertz CT molecular complexity index is 688. The van der Waals surface area contributed by atoms with Crippen LogP contribution in [0, 0.1) is 6.92 Å². The highest BCUT2D eigenvalue weighted by Crippen LogP contribution is 2.34. The second-order valence-corrected chi connectivity index (χ2v) is 6.13. The lowest BCUT2D eigenvalue weighted by molar-refractivity contribution is 0.102. The Hall–Kier alpha value is -0.740. The van der Waals surface area contributed by atoms with Crippen LogP contribution in [0.3, 0.4) is 0 Å². The van der Waals surface area contributed by atoms with Crippen molar-refractivity contribution < 1.29 is 4.79 Å². The van der Waals surface area contributed by atoms with Crippen molar-refractivity contribution in [3.05, 3.63) is 61.0 Å². The minimum absolute atomic E-state index is 0.338. The number of hydrogen-bond donors (Lipinski definition) is 1. The molecule has 0 aliphatic heterocycles. The second kappa shape index (κ2) is 6.35. The number of hydrogen-bond acceptors (Lipinski definition) is 1. The minimum atomic E-state index is -0.370. The predicted molar refractivity (Wildman–Crippen MR) is 88.3 cm³/mol. The van der Waals surface area contributed by atoms with Gasteiger partial charge in [0.2, 0.25) is 0 Å². The van der Waals surface area contributed by atoms with Crippen LogP contribution < -0.4 is 5.32 Å². The highest BCUT2D eigenvalue weighted by atomic mass is 79.9. The summed E-state index contributed by atoms with van der Waals surface area (Å²) >= 11 is 21.6. The number of amides is 1. The van der Waals surface area contributed by atoms with Crippen molar-refractivity contribution >= 4 is 62.3 Å². The SMILES string of the molecule is Cc1ccc(Cl)c(NC(=O)c2cccc(Br)c2Cl)c1Cl. The van der Waals surface area contributed by atoms with E-state index >= 15 is 0 Å². The molecule has 0 aliphatic carbocycles. The zero-order chi connectivity index (χ0) is 14.9. The fourth-order valence-electron chi connectivity index (χ4n) is 1.63. The lowest BCUT2D eigenvalue weighted by atomic mass is 10.2. The third-order valence-corrected chi connectivity index (χ3v) is 4.82. The number of carbonyl (C=O) groups is 1. The molecule has 0 spiro atoms. The van der Waals surface area contributed by atoms with Crippen LogP contribution in [0.15, 0.2) is 34.8 Å². The van der Waals surface area contributed by atoms with Gasteiger partial charge in [0.15, 0.2) is 0 Å². The summed E-state index contributed by atoms with van der Waals surface area (Å²) in [6.45, 7) is 1.83. The smallest absolute Gasteiger partial charge is 0.257 e. The zero-order valence-corrected chi connectivity index (χ0v) is 14.2. The number of benzene rings is 2. The van der Waals surface area contributed by atoms with E-state index < -0.39 is 0 Å². The molecule has 2 aromatic rings. The summed E-state index contributed by atoms with van der Waals surface area (Å²) in [4.78, 5) is 12.3. The fraction of sp³-hybridized carbons (Fsp3) is 0.0714. The van der Waals surface area contributed by atoms with E-state index in [4.69, 9.17) is 34.8 Å². The molecule has 0 heterocycles. The molecule has 6 heteroatoms. The third kappa shape index (κ3) is 3.12. The maximum atomic E-state index is 12.3. The number of aryl methyl sites for hydroxylation is 1. The summed E-state index contributed by atoms with van der Waals surface area (Å²) in [6, 6.07) is 8.57. The molecule has 0 fully saturated rings. The summed E-state index contributed by atoms with van der Waals surface area (Å²) in [5.41, 5.74) is 1.55. The first-order valence-corrected chi connectivity index (χ1v) is 7.54. The molecule has 0 aliphatic rings. The van der Waals surface area contributed by atoms with Gasteiger partial charge in [-0.05, 0) is 46.6 Å². The molecule has 2 rings (SSSR count). The molecule has 0 bridgehead atoms. The normalized spacial score (nSPS) is 10.4. The van der Waals surface area contributed by atoms with Gasteiger partial charge in [0.1, 0.15) is 0 Å². The quantitative estimate of drug-likeness (QED) is 0.669. The van der Waals surface area contributed by atoms with E-state index in [9.17, 15) is 4.79 Å². The molecular weight excluding hydrogens is 384 g/mol. The molecule has 0 atom stereocenters. The molecule has 20 heavy (non-hydrogen) atoms. The molecule has 0 saturated carbocycles. The van der Waals surface area contributed by atoms with Gasteiger partial charge in [-0.25, -0.2) is 0 Å². The van der Waals surface area contributed by atoms with E-state index in [0.29, 0.717) is 30.8 Å². The summed E-state index contributed by atoms with van der Waals surface area (Å²) in [5.74, 6) is -0.370. The second-order valence-electron chi connectivity index (χ2n) is 4.11. The monoisotopic (exact) mass is 391 g/mol. The molecule has 2 nitrogen and oxygen atoms in total. The minimum Gasteiger partial charge on any atom is -0.319 e. The van der Waals surface area contributed by atoms with Crippen molar-refractivity contribution in [1.82, 2.24) is 0 Å². The van der Waals surface area contributed by atoms with E-state index in [1.54, 1.807) is 30.3 Å². The number of nitrogens with one attached hydrogen (secondary N) is 1. The van der Waals surface area contributed by atoms with Crippen LogP contribution in [-0.2, 0) is 0 Å². The van der Waals surface area contributed by atoms with E-state index in [2.05, 4.69) is 21.2 Å². The molecule has 1 N–H and O–H groups in total. The standard InChI is InChI=1S/C14H9BrCl3NO/c1-7-5-6-10(16)13(11(7)17)19-14(20)8-3-2-4-9(15)12(8)18/h2-6H,1H3,(H,19,20). The Morgan fingerprint density at radius 2 is 1.80 bits per heavy atom. The summed E-state index contributed by atoms with van der Waals surface area (Å²) in [5, 5.41) is 3.82. The van der Waals surface area contributed by atoms with Crippen LogP contribution in [0.1, 0.15) is 15.9 Å². The molecule has 2 aromatic carbocycles. The van der Waals surface area contributed by atoms with Crippen molar-refractivity contribution in [3.8, 4) is 0 Å². The van der Waals surface area contributed by atoms with E-state index in [-0.39, 0.29) is 5.91 Å². The molecule has 0 radical (unpaired) electrons. The lowest BCUT2D eigenvalue weighted by Crippen LogP contribution is -2.13. The van der Waals surface area contributed by atoms with Crippen molar-refractivity contribution in [2.45, 2.75) is 6.92 Å². The van der Waals surface area contributed by atoms with E-state index in [1.165, 1.54) is 0 Å². The first-order valence-electron chi connectivity index (χ1n) is 5.61. The van der Waals surface area contributed by atoms with Crippen LogP contribution >= 0.6 is 50.7 Å². The average Bonchev–Trinajstić information content (AvgIpc) is 2.42. The van der Waals surface area contributed by atoms with Gasteiger partial charge in [0.25, 0.3) is 5.91 Å². The van der Waals surface area contributed by atoms with Crippen molar-refractivity contribution in [3.63, 3.8) is 0 Å². The van der Waals surface area contributed by atoms with Gasteiger partial charge in [0.05, 0.1) is 26.3 Å². The number of rotatable bonds is 2. The van der Waals surface area contributed by atoms with Gasteiger partial charge in [0, 0.05) is 4.47 Å². The van der Waals surface area contributed by atoms with Crippen molar-refractivity contribution in [2.24, 2.45) is 0 Å². The van der Waals surface area contributed by atoms with E-state index in [0.717, 1.165) is 5.56 Å². The summed E-state index contributed by atoms with van der Waals surface area (Å²) in [7, 11) is 0. The maximum Gasteiger partial charge on any atom is 0.257 e. The fourth-order valence-corrected chi connectivity index (χ4v) is 2.67. The zero-order valence-electron chi connectivity index (χ0n) is 10.3. The molecule has 104 valence electrons. The van der Waals surface area contributed by atoms with Gasteiger partial charge < -0.3 is 5.32 Å². The predicted octanol–water partition coefficient (Wildman–Crippen LogP) is 5.97. The number of carbonyl (C=O) groups excluding carboxylic acids is 1. The van der Waals surface area contributed by atoms with Gasteiger partial charge >= 0.3 is 0 Å². The average molecular weight is 393 g/mol. The molecular formula is C14H9BrCl3NO. The topological polar surface area (TPSA) is 29.1 Å². The van der Waals surface area contributed by atoms with E-state index in [1.807, 2.05) is 6.92 Å². The number of halogens is 4. The summed E-state index contributed by atoms with van der Waals surface area (Å²) in [6.07, 6.45) is 0. The van der Waals surface area contributed by atoms with Crippen LogP contribution in [0.5, 0.6) is 0 Å². The Kier molecular flexibility index (Phi) is 4.97. The van der Waals surface area contributed by atoms with Gasteiger partial charge in [-0.1, -0.05) is 46.9 Å². The van der Waals surface area contributed by atoms with Crippen LogP contribution in [-0.4, -0.2) is 5.91 Å². The highest BCUT2D eigenvalue weighted by Gasteiger charge is 2.16. The Labute approximate surface area is 140 Å². The Morgan fingerprint density at radius 1 is 1.10 bits per heavy atom. The van der Waals surface area contributed by atoms with Crippen LogP contribution in [0.25, 0.3) is 0 Å². The Morgan fingerprint density at radius 3 is 2.50 bits per heavy atom. The van der Waals surface area contributed by atoms with Crippen molar-refractivity contribution in [1.29, 1.82) is 0 Å². The molecule has 0 unspecified atom stereocenters. The van der Waals surface area contributed by atoms with Gasteiger partial charge in [-0.15, -0.1) is 0 Å². The first kappa shape index (κ1) is 15.6. The lowest BCUT2D eigenvalue weighted by Gasteiger charge is -2.12. The Balaban J connectivity index is 2.38. The third-order valence-electron chi connectivity index (χ3n) is 2.72. The maximum absolute atomic E-state index is 12.3. The number of anilines is 1. The first-order chi connectivity index (χ1) is 9.41. The summed E-state index contributed by atoms with van der Waals surface area (Å²) < 4.78 is 0.647. The van der Waals surface area contributed by atoms with Crippen molar-refractivity contribution in [2.75, 3.05) is 5.32 Å².